The summed E-state index contributed by atoms with van der Waals surface area (Å²) < 4.78 is 5.37. The first kappa shape index (κ1) is 15.9. The lowest BCUT2D eigenvalue weighted by atomic mass is 9.92. The summed E-state index contributed by atoms with van der Waals surface area (Å²) in [5.74, 6) is 0.993. The maximum absolute atomic E-state index is 9.67. The summed E-state index contributed by atoms with van der Waals surface area (Å²) >= 11 is 6.29. The van der Waals surface area contributed by atoms with Crippen LogP contribution < -0.4 is 4.74 Å². The maximum Gasteiger partial charge on any atom is 0.122 e. The Hall–Kier alpha value is -1.51. The van der Waals surface area contributed by atoms with Crippen molar-refractivity contribution in [3.05, 3.63) is 64.2 Å². The predicted molar refractivity (Wildman–Crippen MR) is 87.2 cm³/mol. The van der Waals surface area contributed by atoms with Gasteiger partial charge in [-0.2, -0.15) is 0 Å². The number of para-hydroxylation sites is 1. The molecule has 0 amide bonds. The molecule has 1 unspecified atom stereocenters. The molecule has 0 aliphatic carbocycles. The fraction of sp³-hybridized carbons (Fsp3) is 0.333. The Morgan fingerprint density at radius 3 is 2.48 bits per heavy atom. The first-order valence-corrected chi connectivity index (χ1v) is 7.49. The van der Waals surface area contributed by atoms with E-state index >= 15 is 0 Å². The van der Waals surface area contributed by atoms with Crippen LogP contribution in [0.2, 0.25) is 5.02 Å². The first-order chi connectivity index (χ1) is 10.1. The summed E-state index contributed by atoms with van der Waals surface area (Å²) in [5.41, 5.74) is 3.34. The molecule has 0 spiro atoms. The summed E-state index contributed by atoms with van der Waals surface area (Å²) in [4.78, 5) is 0. The molecular formula is C18H21ClO2. The molecule has 21 heavy (non-hydrogen) atoms. The minimum Gasteiger partial charge on any atom is -0.496 e. The normalized spacial score (nSPS) is 12.2. The SMILES string of the molecule is COc1ccccc1CC(CO)Cc1ccc(C)cc1Cl. The Kier molecular flexibility index (Phi) is 5.66. The second-order valence-electron chi connectivity index (χ2n) is 5.36. The Morgan fingerprint density at radius 1 is 1.10 bits per heavy atom. The molecule has 2 aromatic rings. The molecule has 112 valence electrons. The number of rotatable bonds is 6. The smallest absolute Gasteiger partial charge is 0.122 e. The van der Waals surface area contributed by atoms with Crippen molar-refractivity contribution in [2.45, 2.75) is 19.8 Å². The highest BCUT2D eigenvalue weighted by Gasteiger charge is 2.14. The lowest BCUT2D eigenvalue weighted by Gasteiger charge is -2.17. The molecule has 0 heterocycles. The molecule has 2 aromatic carbocycles. The number of halogens is 1. The van der Waals surface area contributed by atoms with Gasteiger partial charge in [0, 0.05) is 11.6 Å². The quantitative estimate of drug-likeness (QED) is 0.872. The van der Waals surface area contributed by atoms with Crippen LogP contribution in [0.4, 0.5) is 0 Å². The Balaban J connectivity index is 2.13. The number of aliphatic hydroxyl groups excluding tert-OH is 1. The van der Waals surface area contributed by atoms with Gasteiger partial charge in [-0.25, -0.2) is 0 Å². The second-order valence-corrected chi connectivity index (χ2v) is 5.77. The van der Waals surface area contributed by atoms with E-state index in [1.165, 1.54) is 0 Å². The number of aliphatic hydroxyl groups is 1. The van der Waals surface area contributed by atoms with Crippen molar-refractivity contribution in [3.8, 4) is 5.75 Å². The maximum atomic E-state index is 9.67. The third-order valence-corrected chi connectivity index (χ3v) is 4.03. The molecule has 2 rings (SSSR count). The van der Waals surface area contributed by atoms with Crippen LogP contribution in [0.3, 0.4) is 0 Å². The lowest BCUT2D eigenvalue weighted by molar-refractivity contribution is 0.224. The fourth-order valence-electron chi connectivity index (χ4n) is 2.51. The second kappa shape index (κ2) is 7.48. The van der Waals surface area contributed by atoms with Gasteiger partial charge >= 0.3 is 0 Å². The van der Waals surface area contributed by atoms with E-state index in [-0.39, 0.29) is 12.5 Å². The van der Waals surface area contributed by atoms with Crippen molar-refractivity contribution >= 4 is 11.6 Å². The van der Waals surface area contributed by atoms with Crippen LogP contribution in [0.15, 0.2) is 42.5 Å². The molecule has 0 saturated carbocycles. The average Bonchev–Trinajstić information content (AvgIpc) is 2.49. The lowest BCUT2D eigenvalue weighted by Crippen LogP contribution is -2.14. The topological polar surface area (TPSA) is 29.5 Å². The molecule has 0 aromatic heterocycles. The van der Waals surface area contributed by atoms with E-state index in [2.05, 4.69) is 6.07 Å². The van der Waals surface area contributed by atoms with E-state index in [4.69, 9.17) is 16.3 Å². The van der Waals surface area contributed by atoms with E-state index in [0.717, 1.165) is 40.3 Å². The molecule has 0 saturated heterocycles. The molecule has 3 heteroatoms. The van der Waals surface area contributed by atoms with Gasteiger partial charge in [-0.05, 0) is 54.5 Å². The molecule has 1 N–H and O–H groups in total. The van der Waals surface area contributed by atoms with Gasteiger partial charge in [0.1, 0.15) is 5.75 Å². The Bertz CT molecular complexity index is 596. The Morgan fingerprint density at radius 2 is 1.81 bits per heavy atom. The molecule has 0 radical (unpaired) electrons. The summed E-state index contributed by atoms with van der Waals surface area (Å²) in [6.45, 7) is 2.15. The summed E-state index contributed by atoms with van der Waals surface area (Å²) in [6, 6.07) is 14.0. The number of hydrogen-bond donors (Lipinski definition) is 1. The minimum absolute atomic E-state index is 0.126. The third kappa shape index (κ3) is 4.23. The van der Waals surface area contributed by atoms with E-state index in [0.29, 0.717) is 0 Å². The highest BCUT2D eigenvalue weighted by Crippen LogP contribution is 2.25. The highest BCUT2D eigenvalue weighted by atomic mass is 35.5. The van der Waals surface area contributed by atoms with Crippen LogP contribution in [-0.4, -0.2) is 18.8 Å². The monoisotopic (exact) mass is 304 g/mol. The van der Waals surface area contributed by atoms with Gasteiger partial charge < -0.3 is 9.84 Å². The van der Waals surface area contributed by atoms with Crippen LogP contribution in [0.25, 0.3) is 0 Å². The largest absolute Gasteiger partial charge is 0.496 e. The zero-order valence-electron chi connectivity index (χ0n) is 12.5. The molecule has 0 aliphatic rings. The molecular weight excluding hydrogens is 284 g/mol. The van der Waals surface area contributed by atoms with Crippen LogP contribution in [0.5, 0.6) is 5.75 Å². The van der Waals surface area contributed by atoms with Crippen LogP contribution in [0.1, 0.15) is 16.7 Å². The number of ether oxygens (including phenoxy) is 1. The molecule has 0 bridgehead atoms. The van der Waals surface area contributed by atoms with Gasteiger partial charge in [-0.1, -0.05) is 41.9 Å². The zero-order chi connectivity index (χ0) is 15.2. The average molecular weight is 305 g/mol. The number of benzene rings is 2. The van der Waals surface area contributed by atoms with Gasteiger partial charge in [0.05, 0.1) is 7.11 Å². The summed E-state index contributed by atoms with van der Waals surface area (Å²) in [5, 5.41) is 10.4. The van der Waals surface area contributed by atoms with Gasteiger partial charge in [-0.3, -0.25) is 0 Å². The van der Waals surface area contributed by atoms with Crippen molar-refractivity contribution in [3.63, 3.8) is 0 Å². The predicted octanol–water partition coefficient (Wildman–Crippen LogP) is 4.05. The Labute approximate surface area is 131 Å². The minimum atomic E-state index is 0.126. The van der Waals surface area contributed by atoms with Crippen LogP contribution >= 0.6 is 11.6 Å². The third-order valence-electron chi connectivity index (χ3n) is 3.68. The van der Waals surface area contributed by atoms with Gasteiger partial charge in [-0.15, -0.1) is 0 Å². The summed E-state index contributed by atoms with van der Waals surface area (Å²) in [6.07, 6.45) is 1.53. The van der Waals surface area contributed by atoms with Crippen molar-refractivity contribution in [2.75, 3.05) is 13.7 Å². The van der Waals surface area contributed by atoms with Crippen molar-refractivity contribution in [1.82, 2.24) is 0 Å². The molecule has 0 fully saturated rings. The van der Waals surface area contributed by atoms with E-state index < -0.39 is 0 Å². The summed E-state index contributed by atoms with van der Waals surface area (Å²) in [7, 11) is 1.67. The van der Waals surface area contributed by atoms with Crippen molar-refractivity contribution < 1.29 is 9.84 Å². The standard InChI is InChI=1S/C18H21ClO2/c1-13-7-8-15(17(19)9-13)10-14(12-20)11-16-5-3-4-6-18(16)21-2/h3-9,14,20H,10-12H2,1-2H3. The first-order valence-electron chi connectivity index (χ1n) is 7.11. The van der Waals surface area contributed by atoms with Crippen LogP contribution in [-0.2, 0) is 12.8 Å². The molecule has 2 nitrogen and oxygen atoms in total. The zero-order valence-corrected chi connectivity index (χ0v) is 13.2. The van der Waals surface area contributed by atoms with E-state index in [1.807, 2.05) is 43.3 Å². The number of methoxy groups -OCH3 is 1. The highest BCUT2D eigenvalue weighted by molar-refractivity contribution is 6.31. The van der Waals surface area contributed by atoms with E-state index in [1.54, 1.807) is 7.11 Å². The van der Waals surface area contributed by atoms with Gasteiger partial charge in [0.25, 0.3) is 0 Å². The van der Waals surface area contributed by atoms with Crippen molar-refractivity contribution in [2.24, 2.45) is 5.92 Å². The molecule has 1 atom stereocenters. The van der Waals surface area contributed by atoms with Crippen molar-refractivity contribution in [1.29, 1.82) is 0 Å². The van der Waals surface area contributed by atoms with Gasteiger partial charge in [0.2, 0.25) is 0 Å². The number of hydrogen-bond acceptors (Lipinski definition) is 2. The number of aryl methyl sites for hydroxylation is 1. The van der Waals surface area contributed by atoms with Gasteiger partial charge in [0.15, 0.2) is 0 Å². The molecule has 0 aliphatic heterocycles. The fourth-order valence-corrected chi connectivity index (χ4v) is 2.83. The van der Waals surface area contributed by atoms with Crippen LogP contribution in [0, 0.1) is 12.8 Å². The van der Waals surface area contributed by atoms with E-state index in [9.17, 15) is 5.11 Å².